The molecular weight excluding hydrogens is 275 g/mol. The molecule has 0 radical (unpaired) electrons. The molecule has 0 saturated heterocycles. The fourth-order valence-electron chi connectivity index (χ4n) is 1.56. The second-order valence-electron chi connectivity index (χ2n) is 4.19. The number of rotatable bonds is 5. The van der Waals surface area contributed by atoms with E-state index < -0.39 is 5.60 Å². The quantitative estimate of drug-likeness (QED) is 0.904. The van der Waals surface area contributed by atoms with E-state index in [0.29, 0.717) is 23.9 Å². The van der Waals surface area contributed by atoms with Gasteiger partial charge in [0, 0.05) is 24.6 Å². The van der Waals surface area contributed by atoms with Gasteiger partial charge in [-0.25, -0.2) is 4.39 Å². The van der Waals surface area contributed by atoms with Crippen LogP contribution in [0.1, 0.15) is 18.9 Å². The average Bonchev–Trinajstić information content (AvgIpc) is 2.12. The van der Waals surface area contributed by atoms with Gasteiger partial charge in [0.05, 0.1) is 5.60 Å². The molecule has 0 amide bonds. The van der Waals surface area contributed by atoms with E-state index in [1.54, 1.807) is 14.0 Å². The zero-order chi connectivity index (χ0) is 12.2. The third-order valence-electron chi connectivity index (χ3n) is 2.35. The standard InChI is InChI=1S/C12H16BrFO2/c1-12(15,3-4-16-2)8-9-5-10(13)7-11(14)6-9/h5-7,15H,3-4,8H2,1-2H3. The highest BCUT2D eigenvalue weighted by molar-refractivity contribution is 9.10. The first-order valence-corrected chi connectivity index (χ1v) is 5.88. The van der Waals surface area contributed by atoms with Crippen LogP contribution in [-0.4, -0.2) is 24.4 Å². The molecule has 0 heterocycles. The van der Waals surface area contributed by atoms with E-state index in [-0.39, 0.29) is 5.82 Å². The Morgan fingerprint density at radius 3 is 2.69 bits per heavy atom. The molecule has 1 aromatic carbocycles. The number of hydrogen-bond acceptors (Lipinski definition) is 2. The first-order valence-electron chi connectivity index (χ1n) is 5.09. The molecule has 1 unspecified atom stereocenters. The summed E-state index contributed by atoms with van der Waals surface area (Å²) in [6.07, 6.45) is 0.935. The Hall–Kier alpha value is -0.450. The van der Waals surface area contributed by atoms with Crippen LogP contribution in [0.25, 0.3) is 0 Å². The molecule has 0 fully saturated rings. The third kappa shape index (κ3) is 4.60. The average molecular weight is 291 g/mol. The monoisotopic (exact) mass is 290 g/mol. The van der Waals surface area contributed by atoms with Crippen LogP contribution >= 0.6 is 15.9 Å². The van der Waals surface area contributed by atoms with Gasteiger partial charge in [-0.3, -0.25) is 0 Å². The molecule has 4 heteroatoms. The van der Waals surface area contributed by atoms with Crippen molar-refractivity contribution in [2.24, 2.45) is 0 Å². The Labute approximate surface area is 104 Å². The molecule has 0 saturated carbocycles. The molecule has 1 rings (SSSR count). The smallest absolute Gasteiger partial charge is 0.124 e. The van der Waals surface area contributed by atoms with Crippen molar-refractivity contribution in [3.05, 3.63) is 34.1 Å². The van der Waals surface area contributed by atoms with Gasteiger partial charge >= 0.3 is 0 Å². The van der Waals surface area contributed by atoms with Crippen molar-refractivity contribution >= 4 is 15.9 Å². The van der Waals surface area contributed by atoms with E-state index in [0.717, 1.165) is 5.56 Å². The fourth-order valence-corrected chi connectivity index (χ4v) is 2.08. The van der Waals surface area contributed by atoms with Gasteiger partial charge < -0.3 is 9.84 Å². The van der Waals surface area contributed by atoms with Crippen LogP contribution in [-0.2, 0) is 11.2 Å². The van der Waals surface area contributed by atoms with E-state index in [9.17, 15) is 9.50 Å². The molecule has 1 aromatic rings. The van der Waals surface area contributed by atoms with Crippen molar-refractivity contribution in [3.63, 3.8) is 0 Å². The van der Waals surface area contributed by atoms with Gasteiger partial charge in [0.25, 0.3) is 0 Å². The SMILES string of the molecule is COCCC(C)(O)Cc1cc(F)cc(Br)c1. The van der Waals surface area contributed by atoms with Crippen molar-refractivity contribution in [2.75, 3.05) is 13.7 Å². The first-order chi connectivity index (χ1) is 7.43. The highest BCUT2D eigenvalue weighted by Gasteiger charge is 2.20. The number of hydrogen-bond donors (Lipinski definition) is 1. The molecule has 0 aliphatic carbocycles. The largest absolute Gasteiger partial charge is 0.390 e. The Kier molecular flexibility index (Phi) is 4.89. The lowest BCUT2D eigenvalue weighted by Gasteiger charge is -2.23. The predicted molar refractivity (Wildman–Crippen MR) is 64.9 cm³/mol. The minimum Gasteiger partial charge on any atom is -0.390 e. The minimum absolute atomic E-state index is 0.299. The van der Waals surface area contributed by atoms with Crippen LogP contribution in [0.15, 0.2) is 22.7 Å². The Morgan fingerprint density at radius 2 is 2.12 bits per heavy atom. The van der Waals surface area contributed by atoms with Gasteiger partial charge in [-0.1, -0.05) is 15.9 Å². The molecule has 2 nitrogen and oxygen atoms in total. The second kappa shape index (κ2) is 5.75. The zero-order valence-corrected chi connectivity index (χ0v) is 11.1. The number of halogens is 2. The van der Waals surface area contributed by atoms with Crippen LogP contribution in [0.4, 0.5) is 4.39 Å². The Balaban J connectivity index is 2.71. The van der Waals surface area contributed by atoms with Gasteiger partial charge in [-0.05, 0) is 37.1 Å². The molecule has 16 heavy (non-hydrogen) atoms. The van der Waals surface area contributed by atoms with E-state index in [4.69, 9.17) is 4.74 Å². The summed E-state index contributed by atoms with van der Waals surface area (Å²) in [4.78, 5) is 0. The molecule has 0 aliphatic heterocycles. The van der Waals surface area contributed by atoms with Gasteiger partial charge in [0.2, 0.25) is 0 Å². The number of benzene rings is 1. The molecule has 0 aliphatic rings. The van der Waals surface area contributed by atoms with E-state index >= 15 is 0 Å². The van der Waals surface area contributed by atoms with Gasteiger partial charge in [0.15, 0.2) is 0 Å². The maximum absolute atomic E-state index is 13.1. The fraction of sp³-hybridized carbons (Fsp3) is 0.500. The summed E-state index contributed by atoms with van der Waals surface area (Å²) in [5.41, 5.74) is -0.101. The number of aliphatic hydroxyl groups is 1. The highest BCUT2D eigenvalue weighted by Crippen LogP contribution is 2.21. The lowest BCUT2D eigenvalue weighted by molar-refractivity contribution is 0.0249. The zero-order valence-electron chi connectivity index (χ0n) is 9.46. The van der Waals surface area contributed by atoms with E-state index in [1.807, 2.05) is 6.07 Å². The molecule has 1 N–H and O–H groups in total. The van der Waals surface area contributed by atoms with Crippen LogP contribution in [0.5, 0.6) is 0 Å². The van der Waals surface area contributed by atoms with Crippen molar-refractivity contribution in [2.45, 2.75) is 25.4 Å². The summed E-state index contributed by atoms with van der Waals surface area (Å²) in [6, 6.07) is 4.64. The predicted octanol–water partition coefficient (Wildman–Crippen LogP) is 2.92. The van der Waals surface area contributed by atoms with Crippen LogP contribution in [0.2, 0.25) is 0 Å². The molecular formula is C12H16BrFO2. The van der Waals surface area contributed by atoms with Gasteiger partial charge in [-0.15, -0.1) is 0 Å². The minimum atomic E-state index is -0.872. The summed E-state index contributed by atoms with van der Waals surface area (Å²) in [6.45, 7) is 2.22. The van der Waals surface area contributed by atoms with Crippen molar-refractivity contribution < 1.29 is 14.2 Å². The molecule has 90 valence electrons. The van der Waals surface area contributed by atoms with Crippen LogP contribution in [0, 0.1) is 5.82 Å². The third-order valence-corrected chi connectivity index (χ3v) is 2.81. The van der Waals surface area contributed by atoms with Gasteiger partial charge in [0.1, 0.15) is 5.82 Å². The lowest BCUT2D eigenvalue weighted by atomic mass is 9.93. The van der Waals surface area contributed by atoms with E-state index in [1.165, 1.54) is 12.1 Å². The van der Waals surface area contributed by atoms with Crippen LogP contribution < -0.4 is 0 Å². The lowest BCUT2D eigenvalue weighted by Crippen LogP contribution is -2.28. The normalized spacial score (nSPS) is 14.8. The maximum Gasteiger partial charge on any atom is 0.124 e. The second-order valence-corrected chi connectivity index (χ2v) is 5.11. The Bertz CT molecular complexity index is 333. The van der Waals surface area contributed by atoms with Gasteiger partial charge in [-0.2, -0.15) is 0 Å². The summed E-state index contributed by atoms with van der Waals surface area (Å²) in [5, 5.41) is 10.1. The maximum atomic E-state index is 13.1. The molecule has 0 spiro atoms. The van der Waals surface area contributed by atoms with Crippen molar-refractivity contribution in [1.82, 2.24) is 0 Å². The highest BCUT2D eigenvalue weighted by atomic mass is 79.9. The van der Waals surface area contributed by atoms with E-state index in [2.05, 4.69) is 15.9 Å². The number of methoxy groups -OCH3 is 1. The molecule has 0 aromatic heterocycles. The molecule has 1 atom stereocenters. The Morgan fingerprint density at radius 1 is 1.44 bits per heavy atom. The summed E-state index contributed by atoms with van der Waals surface area (Å²) >= 11 is 3.23. The van der Waals surface area contributed by atoms with Crippen molar-refractivity contribution in [3.8, 4) is 0 Å². The first kappa shape index (κ1) is 13.6. The van der Waals surface area contributed by atoms with Crippen molar-refractivity contribution in [1.29, 1.82) is 0 Å². The molecule has 0 bridgehead atoms. The summed E-state index contributed by atoms with van der Waals surface area (Å²) < 4.78 is 18.7. The summed E-state index contributed by atoms with van der Waals surface area (Å²) in [5.74, 6) is -0.299. The number of ether oxygens (including phenoxy) is 1. The van der Waals surface area contributed by atoms with Crippen LogP contribution in [0.3, 0.4) is 0 Å². The topological polar surface area (TPSA) is 29.5 Å². The summed E-state index contributed by atoms with van der Waals surface area (Å²) in [7, 11) is 1.59.